The van der Waals surface area contributed by atoms with E-state index in [1.165, 1.54) is 0 Å². The Morgan fingerprint density at radius 3 is 2.74 bits per heavy atom. The van der Waals surface area contributed by atoms with Crippen LogP contribution in [0, 0.1) is 6.92 Å². The van der Waals surface area contributed by atoms with Crippen molar-refractivity contribution in [3.63, 3.8) is 0 Å². The molecule has 0 saturated carbocycles. The van der Waals surface area contributed by atoms with Gasteiger partial charge in [-0.2, -0.15) is 5.10 Å². The zero-order valence-electron chi connectivity index (χ0n) is 13.5. The van der Waals surface area contributed by atoms with Gasteiger partial charge in [-0.15, -0.1) is 0 Å². The lowest BCUT2D eigenvalue weighted by molar-refractivity contribution is 0.585. The highest BCUT2D eigenvalue weighted by molar-refractivity contribution is 7.92. The zero-order valence-corrected chi connectivity index (χ0v) is 14.3. The van der Waals surface area contributed by atoms with Crippen molar-refractivity contribution in [2.24, 2.45) is 0 Å². The van der Waals surface area contributed by atoms with Crippen LogP contribution < -0.4 is 4.72 Å². The van der Waals surface area contributed by atoms with Gasteiger partial charge < -0.3 is 0 Å². The molecule has 2 heterocycles. The van der Waals surface area contributed by atoms with Crippen molar-refractivity contribution in [3.05, 3.63) is 29.8 Å². The second-order valence-electron chi connectivity index (χ2n) is 5.86. The minimum Gasteiger partial charge on any atom is -0.266 e. The zero-order chi connectivity index (χ0) is 16.6. The molecular formula is C16H20N4O2S. The first-order valence-corrected chi connectivity index (χ1v) is 9.52. The van der Waals surface area contributed by atoms with E-state index in [9.17, 15) is 8.42 Å². The molecular weight excluding hydrogens is 312 g/mol. The Hall–Kier alpha value is -2.15. The van der Waals surface area contributed by atoms with E-state index in [0.717, 1.165) is 41.0 Å². The first-order valence-electron chi connectivity index (χ1n) is 7.63. The van der Waals surface area contributed by atoms with Crippen LogP contribution in [0.5, 0.6) is 0 Å². The van der Waals surface area contributed by atoms with Crippen LogP contribution in [-0.2, 0) is 16.6 Å². The van der Waals surface area contributed by atoms with Gasteiger partial charge in [0.1, 0.15) is 0 Å². The highest BCUT2D eigenvalue weighted by Crippen LogP contribution is 2.27. The summed E-state index contributed by atoms with van der Waals surface area (Å²) >= 11 is 0. The van der Waals surface area contributed by atoms with Crippen LogP contribution in [0.15, 0.2) is 24.3 Å². The third-order valence-electron chi connectivity index (χ3n) is 3.68. The van der Waals surface area contributed by atoms with Crippen LogP contribution in [0.3, 0.4) is 0 Å². The van der Waals surface area contributed by atoms with E-state index >= 15 is 0 Å². The van der Waals surface area contributed by atoms with Crippen LogP contribution in [0.1, 0.15) is 25.3 Å². The predicted octanol–water partition coefficient (Wildman–Crippen LogP) is 3.06. The Kier molecular flexibility index (Phi) is 3.97. The highest BCUT2D eigenvalue weighted by atomic mass is 32.2. The molecule has 0 aliphatic heterocycles. The maximum Gasteiger partial charge on any atom is 0.231 e. The summed E-state index contributed by atoms with van der Waals surface area (Å²) in [5.74, 6) is 0.341. The topological polar surface area (TPSA) is 76.9 Å². The summed E-state index contributed by atoms with van der Waals surface area (Å²) in [6, 6.07) is 7.97. The van der Waals surface area contributed by atoms with Gasteiger partial charge in [-0.1, -0.05) is 25.5 Å². The van der Waals surface area contributed by atoms with Crippen LogP contribution in [0.25, 0.3) is 21.9 Å². The fraction of sp³-hybridized carbons (Fsp3) is 0.375. The monoisotopic (exact) mass is 332 g/mol. The average molecular weight is 332 g/mol. The molecule has 3 aromatic rings. The number of nitrogens with zero attached hydrogens (tertiary/aromatic N) is 3. The van der Waals surface area contributed by atoms with E-state index in [1.807, 2.05) is 31.2 Å². The molecule has 3 rings (SSSR count). The van der Waals surface area contributed by atoms with Crippen molar-refractivity contribution < 1.29 is 8.42 Å². The van der Waals surface area contributed by atoms with Gasteiger partial charge in [-0.3, -0.25) is 4.72 Å². The first-order chi connectivity index (χ1) is 10.9. The number of aryl methyl sites for hydroxylation is 2. The van der Waals surface area contributed by atoms with Gasteiger partial charge in [-0.25, -0.2) is 18.1 Å². The Labute approximate surface area is 135 Å². The maximum absolute atomic E-state index is 11.6. The normalized spacial score (nSPS) is 12.1. The van der Waals surface area contributed by atoms with Gasteiger partial charge in [0.25, 0.3) is 0 Å². The minimum absolute atomic E-state index is 0.341. The van der Waals surface area contributed by atoms with Gasteiger partial charge in [0.05, 0.1) is 17.2 Å². The molecule has 0 saturated heterocycles. The molecule has 7 heteroatoms. The van der Waals surface area contributed by atoms with Crippen LogP contribution >= 0.6 is 0 Å². The van der Waals surface area contributed by atoms with E-state index in [0.29, 0.717) is 18.0 Å². The highest BCUT2D eigenvalue weighted by Gasteiger charge is 2.15. The number of pyridine rings is 1. The maximum atomic E-state index is 11.6. The summed E-state index contributed by atoms with van der Waals surface area (Å²) in [7, 11) is -3.39. The average Bonchev–Trinajstić information content (AvgIpc) is 2.78. The van der Waals surface area contributed by atoms with E-state index in [4.69, 9.17) is 4.98 Å². The lowest BCUT2D eigenvalue weighted by Gasteiger charge is -2.03. The Bertz CT molecular complexity index is 977. The SMILES string of the molecule is CCCCn1nc(NS(C)(=O)=O)c2cc3ccc(C)cc3nc21. The van der Waals surface area contributed by atoms with Crippen molar-refractivity contribution >= 4 is 37.8 Å². The quantitative estimate of drug-likeness (QED) is 0.779. The van der Waals surface area contributed by atoms with E-state index in [-0.39, 0.29) is 0 Å². The summed E-state index contributed by atoms with van der Waals surface area (Å²) in [6.45, 7) is 4.84. The number of nitrogens with one attached hydrogen (secondary N) is 1. The molecule has 2 aromatic heterocycles. The molecule has 0 bridgehead atoms. The number of fused-ring (bicyclic) bond motifs is 2. The smallest absolute Gasteiger partial charge is 0.231 e. The predicted molar refractivity (Wildman–Crippen MR) is 93.1 cm³/mol. The summed E-state index contributed by atoms with van der Waals surface area (Å²) in [5.41, 5.74) is 2.74. The summed E-state index contributed by atoms with van der Waals surface area (Å²) < 4.78 is 27.5. The number of hydrogen-bond donors (Lipinski definition) is 1. The molecule has 1 N–H and O–H groups in total. The number of anilines is 1. The molecule has 122 valence electrons. The summed E-state index contributed by atoms with van der Waals surface area (Å²) in [6.07, 6.45) is 3.12. The molecule has 1 aromatic carbocycles. The first kappa shape index (κ1) is 15.7. The van der Waals surface area contributed by atoms with Gasteiger partial charge in [0.15, 0.2) is 11.5 Å². The number of rotatable bonds is 5. The van der Waals surface area contributed by atoms with Gasteiger partial charge in [0.2, 0.25) is 10.0 Å². The van der Waals surface area contributed by atoms with Crippen LogP contribution in [0.2, 0.25) is 0 Å². The number of aromatic nitrogens is 3. The minimum atomic E-state index is -3.39. The second-order valence-corrected chi connectivity index (χ2v) is 7.60. The third kappa shape index (κ3) is 3.29. The molecule has 0 spiro atoms. The molecule has 23 heavy (non-hydrogen) atoms. The molecule has 0 unspecified atom stereocenters. The summed E-state index contributed by atoms with van der Waals surface area (Å²) in [4.78, 5) is 4.71. The number of hydrogen-bond acceptors (Lipinski definition) is 4. The third-order valence-corrected chi connectivity index (χ3v) is 4.24. The molecule has 0 radical (unpaired) electrons. The molecule has 0 aliphatic rings. The van der Waals surface area contributed by atoms with Gasteiger partial charge in [-0.05, 0) is 31.0 Å². The molecule has 0 fully saturated rings. The van der Waals surface area contributed by atoms with Crippen LogP contribution in [-0.4, -0.2) is 29.4 Å². The van der Waals surface area contributed by atoms with E-state index in [2.05, 4.69) is 16.7 Å². The number of sulfonamides is 1. The standard InChI is InChI=1S/C16H20N4O2S/c1-4-5-8-20-16-13(15(18-20)19-23(3,21)22)10-12-7-6-11(2)9-14(12)17-16/h6-7,9-10H,4-5,8H2,1-3H3,(H,18,19). The summed E-state index contributed by atoms with van der Waals surface area (Å²) in [5, 5.41) is 6.11. The van der Waals surface area contributed by atoms with E-state index in [1.54, 1.807) is 4.68 Å². The fourth-order valence-electron chi connectivity index (χ4n) is 2.57. The number of benzene rings is 1. The molecule has 0 amide bonds. The molecule has 0 atom stereocenters. The lowest BCUT2D eigenvalue weighted by atomic mass is 10.1. The van der Waals surface area contributed by atoms with Crippen LogP contribution in [0.4, 0.5) is 5.82 Å². The van der Waals surface area contributed by atoms with E-state index < -0.39 is 10.0 Å². The second kappa shape index (κ2) is 5.81. The van der Waals surface area contributed by atoms with Crippen molar-refractivity contribution in [3.8, 4) is 0 Å². The van der Waals surface area contributed by atoms with Crippen molar-refractivity contribution in [2.75, 3.05) is 11.0 Å². The Morgan fingerprint density at radius 1 is 1.26 bits per heavy atom. The Morgan fingerprint density at radius 2 is 2.04 bits per heavy atom. The van der Waals surface area contributed by atoms with Crippen molar-refractivity contribution in [1.29, 1.82) is 0 Å². The molecule has 6 nitrogen and oxygen atoms in total. The molecule has 0 aliphatic carbocycles. The van der Waals surface area contributed by atoms with Crippen molar-refractivity contribution in [2.45, 2.75) is 33.2 Å². The lowest BCUT2D eigenvalue weighted by Crippen LogP contribution is -2.10. The Balaban J connectivity index is 2.24. The fourth-order valence-corrected chi connectivity index (χ4v) is 3.08. The van der Waals surface area contributed by atoms with Crippen molar-refractivity contribution in [1.82, 2.24) is 14.8 Å². The van der Waals surface area contributed by atoms with Gasteiger partial charge in [0, 0.05) is 11.9 Å². The largest absolute Gasteiger partial charge is 0.266 e. The number of unbranched alkanes of at least 4 members (excludes halogenated alkanes) is 1. The van der Waals surface area contributed by atoms with Gasteiger partial charge >= 0.3 is 0 Å².